The Morgan fingerprint density at radius 3 is 2.58 bits per heavy atom. The van der Waals surface area contributed by atoms with Crippen molar-refractivity contribution in [3.8, 4) is 0 Å². The first-order valence-corrected chi connectivity index (χ1v) is 7.76. The van der Waals surface area contributed by atoms with Crippen LogP contribution < -0.4 is 5.32 Å². The quantitative estimate of drug-likeness (QED) is 0.877. The van der Waals surface area contributed by atoms with Gasteiger partial charge in [0.25, 0.3) is 0 Å². The van der Waals surface area contributed by atoms with Crippen LogP contribution >= 0.6 is 11.6 Å². The summed E-state index contributed by atoms with van der Waals surface area (Å²) in [7, 11) is 0. The maximum absolute atomic E-state index is 5.94. The summed E-state index contributed by atoms with van der Waals surface area (Å²) in [6, 6.07) is 8.60. The van der Waals surface area contributed by atoms with Gasteiger partial charge >= 0.3 is 0 Å². The third kappa shape index (κ3) is 2.36. The summed E-state index contributed by atoms with van der Waals surface area (Å²) in [4.78, 5) is 0. The Hall–Kier alpha value is -0.730. The molecule has 1 spiro atoms. The number of hydrogen-bond acceptors (Lipinski definition) is 2. The minimum atomic E-state index is 0.385. The average molecular weight is 280 g/mol. The van der Waals surface area contributed by atoms with Crippen molar-refractivity contribution in [1.29, 1.82) is 0 Å². The van der Waals surface area contributed by atoms with E-state index in [4.69, 9.17) is 16.3 Å². The second-order valence-corrected chi connectivity index (χ2v) is 6.26. The van der Waals surface area contributed by atoms with Gasteiger partial charge in [-0.2, -0.15) is 0 Å². The Morgan fingerprint density at radius 2 is 1.95 bits per heavy atom. The first kappa shape index (κ1) is 13.3. The molecule has 1 N–H and O–H groups in total. The smallest absolute Gasteiger partial charge is 0.0670 e. The maximum atomic E-state index is 5.94. The summed E-state index contributed by atoms with van der Waals surface area (Å²) in [6.07, 6.45) is 6.91. The lowest BCUT2D eigenvalue weighted by Gasteiger charge is -2.54. The molecule has 2 saturated carbocycles. The van der Waals surface area contributed by atoms with Crippen LogP contribution in [-0.2, 0) is 4.74 Å². The van der Waals surface area contributed by atoms with E-state index in [1.807, 2.05) is 12.1 Å². The Kier molecular flexibility index (Phi) is 3.72. The van der Waals surface area contributed by atoms with E-state index in [0.29, 0.717) is 17.6 Å². The highest BCUT2D eigenvalue weighted by Gasteiger charge is 2.56. The summed E-state index contributed by atoms with van der Waals surface area (Å²) in [5.41, 5.74) is 1.56. The van der Waals surface area contributed by atoms with E-state index in [-0.39, 0.29) is 0 Å². The molecule has 0 radical (unpaired) electrons. The van der Waals surface area contributed by atoms with Gasteiger partial charge < -0.3 is 10.1 Å². The van der Waals surface area contributed by atoms with E-state index in [2.05, 4.69) is 24.4 Å². The number of benzene rings is 1. The molecule has 0 amide bonds. The lowest BCUT2D eigenvalue weighted by Crippen LogP contribution is -2.60. The molecule has 1 aromatic rings. The molecule has 104 valence electrons. The van der Waals surface area contributed by atoms with Gasteiger partial charge in [0.05, 0.1) is 6.10 Å². The molecule has 0 saturated heterocycles. The molecule has 1 aromatic carbocycles. The van der Waals surface area contributed by atoms with Crippen molar-refractivity contribution < 1.29 is 4.74 Å². The van der Waals surface area contributed by atoms with Crippen LogP contribution in [0.4, 0.5) is 5.69 Å². The zero-order chi connectivity index (χ0) is 13.3. The Balaban J connectivity index is 1.70. The van der Waals surface area contributed by atoms with Crippen LogP contribution in [0, 0.1) is 5.41 Å². The Morgan fingerprint density at radius 1 is 1.26 bits per heavy atom. The van der Waals surface area contributed by atoms with Crippen LogP contribution in [0.3, 0.4) is 0 Å². The van der Waals surface area contributed by atoms with Gasteiger partial charge in [-0.05, 0) is 50.5 Å². The zero-order valence-corrected chi connectivity index (χ0v) is 12.2. The third-order valence-corrected chi connectivity index (χ3v) is 5.12. The predicted octanol–water partition coefficient (Wildman–Crippen LogP) is 4.49. The summed E-state index contributed by atoms with van der Waals surface area (Å²) in [5, 5.41) is 4.48. The zero-order valence-electron chi connectivity index (χ0n) is 11.5. The van der Waals surface area contributed by atoms with E-state index >= 15 is 0 Å². The number of ether oxygens (including phenoxy) is 1. The third-order valence-electron chi connectivity index (χ3n) is 4.87. The van der Waals surface area contributed by atoms with Gasteiger partial charge in [-0.25, -0.2) is 0 Å². The van der Waals surface area contributed by atoms with Gasteiger partial charge in [0.1, 0.15) is 0 Å². The van der Waals surface area contributed by atoms with Crippen molar-refractivity contribution in [2.45, 2.75) is 51.2 Å². The predicted molar refractivity (Wildman–Crippen MR) is 79.8 cm³/mol. The van der Waals surface area contributed by atoms with E-state index in [0.717, 1.165) is 18.1 Å². The van der Waals surface area contributed by atoms with Gasteiger partial charge in [-0.1, -0.05) is 24.4 Å². The van der Waals surface area contributed by atoms with Gasteiger partial charge in [0, 0.05) is 28.8 Å². The van der Waals surface area contributed by atoms with Crippen LogP contribution in [0.25, 0.3) is 0 Å². The SMILES string of the molecule is CCOC1CC(Nc2ccc(Cl)cc2)C12CCCC2. The Bertz CT molecular complexity index is 425. The largest absolute Gasteiger partial charge is 0.382 e. The standard InChI is InChI=1S/C16H22ClNO/c1-2-19-15-11-14(16(15)9-3-4-10-16)18-13-7-5-12(17)6-8-13/h5-8,14-15,18H,2-4,9-11H2,1H3. The van der Waals surface area contributed by atoms with Gasteiger partial charge in [-0.15, -0.1) is 0 Å². The summed E-state index contributed by atoms with van der Waals surface area (Å²) in [6.45, 7) is 2.93. The highest BCUT2D eigenvalue weighted by atomic mass is 35.5. The average Bonchev–Trinajstić information content (AvgIpc) is 2.92. The van der Waals surface area contributed by atoms with Crippen molar-refractivity contribution in [1.82, 2.24) is 0 Å². The second kappa shape index (κ2) is 5.34. The molecular formula is C16H22ClNO. The minimum Gasteiger partial charge on any atom is -0.382 e. The maximum Gasteiger partial charge on any atom is 0.0670 e. The molecule has 0 aliphatic heterocycles. The van der Waals surface area contributed by atoms with Crippen LogP contribution in [0.1, 0.15) is 39.0 Å². The lowest BCUT2D eigenvalue weighted by atomic mass is 9.60. The first-order valence-electron chi connectivity index (χ1n) is 7.38. The van der Waals surface area contributed by atoms with E-state index in [9.17, 15) is 0 Å². The minimum absolute atomic E-state index is 0.385. The molecule has 2 nitrogen and oxygen atoms in total. The normalized spacial score (nSPS) is 28.3. The molecular weight excluding hydrogens is 258 g/mol. The van der Waals surface area contributed by atoms with E-state index in [1.54, 1.807) is 0 Å². The fourth-order valence-corrected chi connectivity index (χ4v) is 3.96. The second-order valence-electron chi connectivity index (χ2n) is 5.82. The highest BCUT2D eigenvalue weighted by molar-refractivity contribution is 6.30. The fraction of sp³-hybridized carbons (Fsp3) is 0.625. The van der Waals surface area contributed by atoms with Crippen LogP contribution in [0.2, 0.25) is 5.02 Å². The van der Waals surface area contributed by atoms with Crippen molar-refractivity contribution in [3.05, 3.63) is 29.3 Å². The number of halogens is 1. The fourth-order valence-electron chi connectivity index (χ4n) is 3.84. The summed E-state index contributed by atoms with van der Waals surface area (Å²) in [5.74, 6) is 0. The van der Waals surface area contributed by atoms with Crippen molar-refractivity contribution >= 4 is 17.3 Å². The topological polar surface area (TPSA) is 21.3 Å². The molecule has 2 fully saturated rings. The molecule has 2 unspecified atom stereocenters. The van der Waals surface area contributed by atoms with Crippen LogP contribution in [0.5, 0.6) is 0 Å². The van der Waals surface area contributed by atoms with Crippen LogP contribution in [-0.4, -0.2) is 18.8 Å². The summed E-state index contributed by atoms with van der Waals surface area (Å²) >= 11 is 5.93. The monoisotopic (exact) mass is 279 g/mol. The molecule has 0 heterocycles. The molecule has 2 aliphatic carbocycles. The number of anilines is 1. The number of hydrogen-bond donors (Lipinski definition) is 1. The molecule has 0 aromatic heterocycles. The number of nitrogens with one attached hydrogen (secondary N) is 1. The van der Waals surface area contributed by atoms with E-state index < -0.39 is 0 Å². The molecule has 0 bridgehead atoms. The van der Waals surface area contributed by atoms with Gasteiger partial charge in [0.15, 0.2) is 0 Å². The van der Waals surface area contributed by atoms with Crippen LogP contribution in [0.15, 0.2) is 24.3 Å². The highest BCUT2D eigenvalue weighted by Crippen LogP contribution is 2.55. The van der Waals surface area contributed by atoms with Crippen molar-refractivity contribution in [2.75, 3.05) is 11.9 Å². The lowest BCUT2D eigenvalue weighted by molar-refractivity contribution is -0.114. The number of rotatable bonds is 4. The molecule has 2 aliphatic rings. The van der Waals surface area contributed by atoms with Gasteiger partial charge in [0.2, 0.25) is 0 Å². The molecule has 2 atom stereocenters. The molecule has 3 rings (SSSR count). The van der Waals surface area contributed by atoms with E-state index in [1.165, 1.54) is 31.4 Å². The van der Waals surface area contributed by atoms with Gasteiger partial charge in [-0.3, -0.25) is 0 Å². The first-order chi connectivity index (χ1) is 9.24. The Labute approximate surface area is 120 Å². The van der Waals surface area contributed by atoms with Crippen molar-refractivity contribution in [2.24, 2.45) is 5.41 Å². The summed E-state index contributed by atoms with van der Waals surface area (Å²) < 4.78 is 5.94. The van der Waals surface area contributed by atoms with Crippen molar-refractivity contribution in [3.63, 3.8) is 0 Å². The molecule has 3 heteroatoms. The molecule has 19 heavy (non-hydrogen) atoms.